The van der Waals surface area contributed by atoms with Gasteiger partial charge in [-0.15, -0.1) is 0 Å². The van der Waals surface area contributed by atoms with E-state index in [0.29, 0.717) is 0 Å². The molecule has 0 amide bonds. The Morgan fingerprint density at radius 1 is 1.44 bits per heavy atom. The Balaban J connectivity index is 4.09. The van der Waals surface area contributed by atoms with Crippen molar-refractivity contribution in [1.82, 2.24) is 0 Å². The quantitative estimate of drug-likeness (QED) is 0.523. The van der Waals surface area contributed by atoms with Crippen LogP contribution < -0.4 is 0 Å². The van der Waals surface area contributed by atoms with E-state index in [1.165, 1.54) is 0 Å². The highest BCUT2D eigenvalue weighted by atomic mass is 16.1. The second kappa shape index (κ2) is 3.04. The number of carbonyl (C=O) groups excluding carboxylic acids is 1. The molecule has 0 aliphatic heterocycles. The Labute approximate surface area is 58.2 Å². The fourth-order valence-electron chi connectivity index (χ4n) is 0.748. The van der Waals surface area contributed by atoms with Crippen molar-refractivity contribution in [2.45, 2.75) is 38.9 Å². The molecule has 2 radical (unpaired) electrons. The Hall–Kier alpha value is -0.265. The van der Waals surface area contributed by atoms with Crippen molar-refractivity contribution < 1.29 is 4.79 Å². The highest BCUT2D eigenvalue weighted by molar-refractivity contribution is 6.28. The van der Waals surface area contributed by atoms with Gasteiger partial charge in [0.05, 0.1) is 7.85 Å². The molecule has 0 saturated carbocycles. The Kier molecular flexibility index (Phi) is 2.95. The van der Waals surface area contributed by atoms with Gasteiger partial charge in [0.1, 0.15) is 5.78 Å². The zero-order valence-electron chi connectivity index (χ0n) is 6.40. The Bertz CT molecular complexity index is 105. The van der Waals surface area contributed by atoms with Crippen LogP contribution in [-0.4, -0.2) is 13.6 Å². The molecule has 0 N–H and O–H groups in total. The molecular formula is C7H13BO. The molecular weight excluding hydrogens is 111 g/mol. The van der Waals surface area contributed by atoms with Gasteiger partial charge >= 0.3 is 0 Å². The summed E-state index contributed by atoms with van der Waals surface area (Å²) < 4.78 is 0. The smallest absolute Gasteiger partial charge is 0.127 e. The fraction of sp³-hybridized carbons (Fsp3) is 0.857. The molecule has 0 aromatic carbocycles. The summed E-state index contributed by atoms with van der Waals surface area (Å²) in [5, 5.41) is -0.556. The zero-order chi connectivity index (χ0) is 7.49. The Morgan fingerprint density at radius 3 is 1.78 bits per heavy atom. The molecule has 0 aromatic heterocycles. The van der Waals surface area contributed by atoms with Crippen LogP contribution in [0.15, 0.2) is 0 Å². The molecule has 0 saturated heterocycles. The molecule has 50 valence electrons. The third kappa shape index (κ3) is 1.85. The van der Waals surface area contributed by atoms with Crippen LogP contribution in [0.3, 0.4) is 0 Å². The van der Waals surface area contributed by atoms with E-state index < -0.39 is 5.31 Å². The molecule has 0 rings (SSSR count). The van der Waals surface area contributed by atoms with Crippen LogP contribution in [0, 0.1) is 0 Å². The first-order valence-corrected chi connectivity index (χ1v) is 3.36. The van der Waals surface area contributed by atoms with Crippen LogP contribution in [0.1, 0.15) is 33.6 Å². The molecule has 2 heteroatoms. The molecule has 0 unspecified atom stereocenters. The number of carbonyl (C=O) groups is 1. The van der Waals surface area contributed by atoms with Crippen LogP contribution in [0.25, 0.3) is 0 Å². The second-order valence-electron chi connectivity index (χ2n) is 2.42. The van der Waals surface area contributed by atoms with Crippen molar-refractivity contribution in [2.24, 2.45) is 0 Å². The predicted octanol–water partition coefficient (Wildman–Crippen LogP) is 1.72. The van der Waals surface area contributed by atoms with Crippen molar-refractivity contribution >= 4 is 13.6 Å². The van der Waals surface area contributed by atoms with Gasteiger partial charge in [0, 0.05) is 0 Å². The lowest BCUT2D eigenvalue weighted by molar-refractivity contribution is -0.120. The Morgan fingerprint density at radius 2 is 1.78 bits per heavy atom. The first-order valence-electron chi connectivity index (χ1n) is 3.36. The van der Waals surface area contributed by atoms with Gasteiger partial charge in [0.25, 0.3) is 0 Å². The molecule has 9 heavy (non-hydrogen) atoms. The molecule has 0 aromatic rings. The van der Waals surface area contributed by atoms with Crippen molar-refractivity contribution in [3.8, 4) is 0 Å². The van der Waals surface area contributed by atoms with Gasteiger partial charge in [0.2, 0.25) is 0 Å². The minimum atomic E-state index is -0.556. The lowest BCUT2D eigenvalue weighted by Crippen LogP contribution is -2.19. The van der Waals surface area contributed by atoms with Gasteiger partial charge < -0.3 is 4.79 Å². The molecule has 1 nitrogen and oxygen atoms in total. The lowest BCUT2D eigenvalue weighted by atomic mass is 9.63. The largest absolute Gasteiger partial charge is 0.300 e. The maximum Gasteiger partial charge on any atom is 0.127 e. The van der Waals surface area contributed by atoms with E-state index in [-0.39, 0.29) is 5.78 Å². The summed E-state index contributed by atoms with van der Waals surface area (Å²) in [5.41, 5.74) is 0. The van der Waals surface area contributed by atoms with Gasteiger partial charge in [0.15, 0.2) is 0 Å². The summed E-state index contributed by atoms with van der Waals surface area (Å²) in [7, 11) is 5.69. The number of Topliss-reactive ketones (excluding diaryl/α,β-unsaturated/α-hetero) is 1. The van der Waals surface area contributed by atoms with Crippen molar-refractivity contribution in [1.29, 1.82) is 0 Å². The average Bonchev–Trinajstić information content (AvgIpc) is 1.86. The van der Waals surface area contributed by atoms with Crippen LogP contribution in [-0.2, 0) is 4.79 Å². The SMILES string of the molecule is [B]C(CC)(CC)C(C)=O. The maximum absolute atomic E-state index is 10.8. The van der Waals surface area contributed by atoms with E-state index in [0.717, 1.165) is 12.8 Å². The molecule has 0 atom stereocenters. The van der Waals surface area contributed by atoms with E-state index >= 15 is 0 Å². The monoisotopic (exact) mass is 124 g/mol. The first kappa shape index (κ1) is 8.73. The van der Waals surface area contributed by atoms with Gasteiger partial charge in [-0.05, 0) is 12.2 Å². The predicted molar refractivity (Wildman–Crippen MR) is 39.7 cm³/mol. The van der Waals surface area contributed by atoms with Crippen LogP contribution in [0.5, 0.6) is 0 Å². The van der Waals surface area contributed by atoms with Gasteiger partial charge in [-0.2, -0.15) is 0 Å². The third-order valence-electron chi connectivity index (χ3n) is 1.96. The normalized spacial score (nSPS) is 11.4. The van der Waals surface area contributed by atoms with Gasteiger partial charge in [-0.25, -0.2) is 0 Å². The third-order valence-corrected chi connectivity index (χ3v) is 1.96. The minimum absolute atomic E-state index is 0.0903. The number of rotatable bonds is 3. The molecule has 0 heterocycles. The van der Waals surface area contributed by atoms with Crippen LogP contribution in [0.4, 0.5) is 0 Å². The summed E-state index contributed by atoms with van der Waals surface area (Å²) in [5.74, 6) is 0.0903. The summed E-state index contributed by atoms with van der Waals surface area (Å²) in [4.78, 5) is 10.8. The molecule has 0 fully saturated rings. The summed E-state index contributed by atoms with van der Waals surface area (Å²) in [6.07, 6.45) is 1.47. The zero-order valence-corrected chi connectivity index (χ0v) is 6.40. The maximum atomic E-state index is 10.8. The second-order valence-corrected chi connectivity index (χ2v) is 2.42. The van der Waals surface area contributed by atoms with Crippen molar-refractivity contribution in [3.63, 3.8) is 0 Å². The number of hydrogen-bond donors (Lipinski definition) is 0. The molecule has 0 aliphatic carbocycles. The van der Waals surface area contributed by atoms with E-state index in [1.54, 1.807) is 6.92 Å². The van der Waals surface area contributed by atoms with Crippen molar-refractivity contribution in [3.05, 3.63) is 0 Å². The van der Waals surface area contributed by atoms with Gasteiger partial charge in [-0.1, -0.05) is 26.7 Å². The summed E-state index contributed by atoms with van der Waals surface area (Å²) in [6, 6.07) is 0. The molecule has 0 aliphatic rings. The van der Waals surface area contributed by atoms with E-state index in [9.17, 15) is 4.79 Å². The lowest BCUT2D eigenvalue weighted by Gasteiger charge is -2.22. The van der Waals surface area contributed by atoms with Crippen LogP contribution in [0.2, 0.25) is 5.31 Å². The number of ketones is 1. The highest BCUT2D eigenvalue weighted by Gasteiger charge is 2.23. The molecule has 0 spiro atoms. The minimum Gasteiger partial charge on any atom is -0.300 e. The standard InChI is InChI=1S/C7H13BO/c1-4-7(8,5-2)6(3)9/h4-5H2,1-3H3. The van der Waals surface area contributed by atoms with Crippen LogP contribution >= 0.6 is 0 Å². The van der Waals surface area contributed by atoms with Gasteiger partial charge in [-0.3, -0.25) is 0 Å². The summed E-state index contributed by atoms with van der Waals surface area (Å²) >= 11 is 0. The summed E-state index contributed by atoms with van der Waals surface area (Å²) in [6.45, 7) is 5.42. The van der Waals surface area contributed by atoms with E-state index in [4.69, 9.17) is 7.85 Å². The van der Waals surface area contributed by atoms with Crippen molar-refractivity contribution in [2.75, 3.05) is 0 Å². The van der Waals surface area contributed by atoms with E-state index in [1.807, 2.05) is 13.8 Å². The number of hydrogen-bond acceptors (Lipinski definition) is 1. The highest BCUT2D eigenvalue weighted by Crippen LogP contribution is 2.30. The average molecular weight is 124 g/mol. The molecule has 0 bridgehead atoms. The fourth-order valence-corrected chi connectivity index (χ4v) is 0.748. The topological polar surface area (TPSA) is 17.1 Å². The first-order chi connectivity index (χ1) is 4.06. The van der Waals surface area contributed by atoms with E-state index in [2.05, 4.69) is 0 Å².